The summed E-state index contributed by atoms with van der Waals surface area (Å²) in [6.07, 6.45) is 1.53. The fraction of sp³-hybridized carbons (Fsp3) is 0.368. The molecule has 1 N–H and O–H groups in total. The van der Waals surface area contributed by atoms with Crippen molar-refractivity contribution in [2.45, 2.75) is 26.1 Å². The van der Waals surface area contributed by atoms with E-state index in [4.69, 9.17) is 32.7 Å². The Bertz CT molecular complexity index is 809. The lowest BCUT2D eigenvalue weighted by Crippen LogP contribution is -2.49. The molecule has 1 aromatic carbocycles. The maximum absolute atomic E-state index is 12.5. The lowest BCUT2D eigenvalue weighted by Gasteiger charge is -2.35. The highest BCUT2D eigenvalue weighted by Crippen LogP contribution is 2.33. The Morgan fingerprint density at radius 3 is 2.70 bits per heavy atom. The number of halogens is 2. The van der Waals surface area contributed by atoms with Gasteiger partial charge in [-0.1, -0.05) is 35.3 Å². The normalized spacial score (nSPS) is 19.6. The summed E-state index contributed by atoms with van der Waals surface area (Å²) in [6, 6.07) is 8.86. The van der Waals surface area contributed by atoms with E-state index in [9.17, 15) is 4.79 Å². The molecule has 1 saturated heterocycles. The van der Waals surface area contributed by atoms with Crippen molar-refractivity contribution < 1.29 is 14.3 Å². The number of para-hydroxylation sites is 2. The zero-order valence-corrected chi connectivity index (χ0v) is 16.6. The molecule has 6 nitrogen and oxygen atoms in total. The Hall–Kier alpha value is -2.02. The van der Waals surface area contributed by atoms with E-state index >= 15 is 0 Å². The molecule has 0 aliphatic carbocycles. The second-order valence-electron chi connectivity index (χ2n) is 6.45. The number of aromatic nitrogens is 1. The molecule has 2 heterocycles. The molecule has 1 aliphatic rings. The van der Waals surface area contributed by atoms with Gasteiger partial charge in [-0.2, -0.15) is 0 Å². The van der Waals surface area contributed by atoms with E-state index in [2.05, 4.69) is 10.3 Å². The molecule has 2 atom stereocenters. The van der Waals surface area contributed by atoms with Crippen LogP contribution < -0.4 is 10.1 Å². The molecule has 0 bridgehead atoms. The zero-order chi connectivity index (χ0) is 19.4. The van der Waals surface area contributed by atoms with Crippen LogP contribution in [0.4, 0.5) is 5.69 Å². The minimum absolute atomic E-state index is 0.00875. The Morgan fingerprint density at radius 1 is 1.30 bits per heavy atom. The molecule has 0 radical (unpaired) electrons. The summed E-state index contributed by atoms with van der Waals surface area (Å²) in [4.78, 5) is 18.5. The number of morpholine rings is 1. The van der Waals surface area contributed by atoms with Gasteiger partial charge in [0, 0.05) is 19.3 Å². The maximum atomic E-state index is 12.5. The van der Waals surface area contributed by atoms with Crippen LogP contribution in [0.1, 0.15) is 13.8 Å². The topological polar surface area (TPSA) is 63.7 Å². The Kier molecular flexibility index (Phi) is 6.42. The van der Waals surface area contributed by atoms with Crippen molar-refractivity contribution in [1.29, 1.82) is 0 Å². The number of nitrogens with zero attached hydrogens (tertiary/aromatic N) is 2. The van der Waals surface area contributed by atoms with Gasteiger partial charge in [-0.15, -0.1) is 0 Å². The summed E-state index contributed by atoms with van der Waals surface area (Å²) in [6.45, 7) is 5.27. The van der Waals surface area contributed by atoms with Crippen molar-refractivity contribution in [3.8, 4) is 11.6 Å². The number of benzene rings is 1. The molecule has 144 valence electrons. The van der Waals surface area contributed by atoms with Crippen LogP contribution in [0.5, 0.6) is 11.6 Å². The number of carbonyl (C=O) groups is 1. The van der Waals surface area contributed by atoms with E-state index in [1.807, 2.05) is 36.9 Å². The standard InChI is InChI=1S/C19H21Cl2N3O3/c1-12-10-24(11-13(2)26-12)18(25)9-22-16-5-3-4-6-17(16)27-19-15(21)7-14(20)8-23-19/h3-8,12-13,22H,9-11H2,1-2H3. The van der Waals surface area contributed by atoms with E-state index < -0.39 is 0 Å². The molecule has 0 spiro atoms. The highest BCUT2D eigenvalue weighted by Gasteiger charge is 2.25. The van der Waals surface area contributed by atoms with Crippen LogP contribution in [-0.4, -0.2) is 47.6 Å². The number of pyridine rings is 1. The van der Waals surface area contributed by atoms with E-state index in [0.717, 1.165) is 0 Å². The summed E-state index contributed by atoms with van der Waals surface area (Å²) < 4.78 is 11.5. The van der Waals surface area contributed by atoms with E-state index in [1.54, 1.807) is 12.1 Å². The average Bonchev–Trinajstić information content (AvgIpc) is 2.62. The minimum Gasteiger partial charge on any atom is -0.435 e. The summed E-state index contributed by atoms with van der Waals surface area (Å²) >= 11 is 12.0. The molecule has 27 heavy (non-hydrogen) atoms. The van der Waals surface area contributed by atoms with Crippen LogP contribution in [-0.2, 0) is 9.53 Å². The Balaban J connectivity index is 1.66. The molecule has 2 aromatic rings. The average molecular weight is 410 g/mol. The molecule has 3 rings (SSSR count). The van der Waals surface area contributed by atoms with Crippen molar-refractivity contribution in [3.05, 3.63) is 46.6 Å². The van der Waals surface area contributed by atoms with Gasteiger partial charge < -0.3 is 19.7 Å². The monoisotopic (exact) mass is 409 g/mol. The van der Waals surface area contributed by atoms with Gasteiger partial charge in [0.25, 0.3) is 0 Å². The van der Waals surface area contributed by atoms with Crippen molar-refractivity contribution in [2.75, 3.05) is 25.0 Å². The van der Waals surface area contributed by atoms with Gasteiger partial charge in [-0.25, -0.2) is 4.98 Å². The first-order chi connectivity index (χ1) is 12.9. The highest BCUT2D eigenvalue weighted by molar-refractivity contribution is 6.35. The SMILES string of the molecule is CC1CN(C(=O)CNc2ccccc2Oc2ncc(Cl)cc2Cl)CC(C)O1. The van der Waals surface area contributed by atoms with Gasteiger partial charge in [0.1, 0.15) is 5.02 Å². The lowest BCUT2D eigenvalue weighted by molar-refractivity contribution is -0.141. The van der Waals surface area contributed by atoms with Crippen LogP contribution in [0.15, 0.2) is 36.5 Å². The fourth-order valence-electron chi connectivity index (χ4n) is 2.95. The van der Waals surface area contributed by atoms with E-state index in [-0.39, 0.29) is 30.5 Å². The van der Waals surface area contributed by atoms with Crippen LogP contribution >= 0.6 is 23.2 Å². The summed E-state index contributed by atoms with van der Waals surface area (Å²) in [5.41, 5.74) is 0.674. The molecular formula is C19H21Cl2N3O3. The van der Waals surface area contributed by atoms with Gasteiger partial charge in [0.2, 0.25) is 11.8 Å². The lowest BCUT2D eigenvalue weighted by atomic mass is 10.2. The Labute approximate surface area is 168 Å². The fourth-order valence-corrected chi connectivity index (χ4v) is 3.37. The molecule has 1 fully saturated rings. The number of ether oxygens (including phenoxy) is 2. The zero-order valence-electron chi connectivity index (χ0n) is 15.1. The first kappa shape index (κ1) is 19.7. The van der Waals surface area contributed by atoms with Crippen LogP contribution in [0, 0.1) is 0 Å². The van der Waals surface area contributed by atoms with Crippen molar-refractivity contribution in [3.63, 3.8) is 0 Å². The largest absolute Gasteiger partial charge is 0.435 e. The predicted molar refractivity (Wildman–Crippen MR) is 106 cm³/mol. The second-order valence-corrected chi connectivity index (χ2v) is 7.29. The number of rotatable bonds is 5. The highest BCUT2D eigenvalue weighted by atomic mass is 35.5. The molecule has 1 amide bonds. The summed E-state index contributed by atoms with van der Waals surface area (Å²) in [5, 5.41) is 3.88. The van der Waals surface area contributed by atoms with E-state index in [1.165, 1.54) is 6.20 Å². The number of nitrogens with one attached hydrogen (secondary N) is 1. The number of carbonyl (C=O) groups excluding carboxylic acids is 1. The number of amides is 1. The summed E-state index contributed by atoms with van der Waals surface area (Å²) in [7, 11) is 0. The minimum atomic E-state index is 0.00875. The molecular weight excluding hydrogens is 389 g/mol. The quantitative estimate of drug-likeness (QED) is 0.800. The molecule has 0 saturated carbocycles. The van der Waals surface area contributed by atoms with Gasteiger partial charge in [0.05, 0.1) is 29.5 Å². The molecule has 2 unspecified atom stereocenters. The third-order valence-electron chi connectivity index (χ3n) is 4.07. The first-order valence-corrected chi connectivity index (χ1v) is 9.43. The van der Waals surface area contributed by atoms with Crippen LogP contribution in [0.25, 0.3) is 0 Å². The third kappa shape index (κ3) is 5.25. The first-order valence-electron chi connectivity index (χ1n) is 8.67. The van der Waals surface area contributed by atoms with Crippen molar-refractivity contribution >= 4 is 34.8 Å². The number of anilines is 1. The summed E-state index contributed by atoms with van der Waals surface area (Å²) in [5.74, 6) is 0.776. The second kappa shape index (κ2) is 8.78. The molecule has 8 heteroatoms. The van der Waals surface area contributed by atoms with Gasteiger partial charge >= 0.3 is 0 Å². The van der Waals surface area contributed by atoms with Gasteiger partial charge in [0.15, 0.2) is 5.75 Å². The third-order valence-corrected chi connectivity index (χ3v) is 4.55. The number of hydrogen-bond donors (Lipinski definition) is 1. The maximum Gasteiger partial charge on any atom is 0.242 e. The smallest absolute Gasteiger partial charge is 0.242 e. The molecule has 1 aliphatic heterocycles. The van der Waals surface area contributed by atoms with Crippen LogP contribution in [0.2, 0.25) is 10.0 Å². The van der Waals surface area contributed by atoms with Crippen molar-refractivity contribution in [2.24, 2.45) is 0 Å². The van der Waals surface area contributed by atoms with Crippen LogP contribution in [0.3, 0.4) is 0 Å². The Morgan fingerprint density at radius 2 is 2.00 bits per heavy atom. The van der Waals surface area contributed by atoms with Gasteiger partial charge in [-0.3, -0.25) is 4.79 Å². The van der Waals surface area contributed by atoms with Crippen molar-refractivity contribution in [1.82, 2.24) is 9.88 Å². The van der Waals surface area contributed by atoms with E-state index in [0.29, 0.717) is 34.6 Å². The molecule has 1 aromatic heterocycles. The van der Waals surface area contributed by atoms with Gasteiger partial charge in [-0.05, 0) is 32.0 Å². The number of hydrogen-bond acceptors (Lipinski definition) is 5. The predicted octanol–water partition coefficient (Wildman–Crippen LogP) is 4.23.